The van der Waals surface area contributed by atoms with Gasteiger partial charge in [-0.3, -0.25) is 9.30 Å². The number of benzene rings is 1. The second-order valence-corrected chi connectivity index (χ2v) is 6.27. The molecule has 3 aromatic rings. The van der Waals surface area contributed by atoms with Crippen LogP contribution in [0, 0.1) is 6.92 Å². The van der Waals surface area contributed by atoms with Crippen molar-refractivity contribution in [1.82, 2.24) is 9.38 Å². The Morgan fingerprint density at radius 3 is 2.67 bits per heavy atom. The Labute approximate surface area is 159 Å². The van der Waals surface area contributed by atoms with Crippen molar-refractivity contribution in [3.05, 3.63) is 59.4 Å². The molecule has 0 N–H and O–H groups in total. The van der Waals surface area contributed by atoms with E-state index in [9.17, 15) is 4.79 Å². The van der Waals surface area contributed by atoms with Crippen molar-refractivity contribution in [1.29, 1.82) is 0 Å². The number of ether oxygens (including phenoxy) is 2. The lowest BCUT2D eigenvalue weighted by Gasteiger charge is -2.17. The summed E-state index contributed by atoms with van der Waals surface area (Å²) in [5.74, 6) is 1.38. The lowest BCUT2D eigenvalue weighted by atomic mass is 10.1. The Balaban J connectivity index is 1.97. The summed E-state index contributed by atoms with van der Waals surface area (Å²) in [5.41, 5.74) is 3.82. The van der Waals surface area contributed by atoms with Crippen molar-refractivity contribution in [3.63, 3.8) is 0 Å². The Kier molecular flexibility index (Phi) is 5.64. The average molecular weight is 367 g/mol. The van der Waals surface area contributed by atoms with Crippen LogP contribution in [0.1, 0.15) is 30.7 Å². The zero-order valence-corrected chi connectivity index (χ0v) is 16.2. The van der Waals surface area contributed by atoms with Gasteiger partial charge in [0, 0.05) is 13.2 Å². The van der Waals surface area contributed by atoms with Crippen LogP contribution in [0.25, 0.3) is 5.65 Å². The van der Waals surface area contributed by atoms with E-state index in [2.05, 4.69) is 19.1 Å². The van der Waals surface area contributed by atoms with Gasteiger partial charge in [0.05, 0.1) is 12.3 Å². The second-order valence-electron chi connectivity index (χ2n) is 6.27. The maximum Gasteiger partial charge on any atom is 0.415 e. The van der Waals surface area contributed by atoms with Gasteiger partial charge in [-0.1, -0.05) is 31.2 Å². The van der Waals surface area contributed by atoms with Gasteiger partial charge in [0.2, 0.25) is 0 Å². The highest BCUT2D eigenvalue weighted by Gasteiger charge is 2.22. The molecule has 1 amide bonds. The summed E-state index contributed by atoms with van der Waals surface area (Å²) >= 11 is 0. The summed E-state index contributed by atoms with van der Waals surface area (Å²) in [6.07, 6.45) is 2.17. The minimum absolute atomic E-state index is 0.326. The summed E-state index contributed by atoms with van der Waals surface area (Å²) in [4.78, 5) is 18.4. The molecule has 6 nitrogen and oxygen atoms in total. The Hall–Kier alpha value is -3.02. The summed E-state index contributed by atoms with van der Waals surface area (Å²) in [6, 6.07) is 11.9. The third kappa shape index (κ3) is 3.74. The zero-order chi connectivity index (χ0) is 19.4. The van der Waals surface area contributed by atoms with E-state index >= 15 is 0 Å². The number of carbonyl (C=O) groups is 1. The van der Waals surface area contributed by atoms with E-state index in [1.807, 2.05) is 41.8 Å². The molecular formula is C21H25N3O3. The SMILES string of the molecule is CCOC(=O)N(C)c1c(CC)nc2c(OCc3ccccc3C)cccn12. The van der Waals surface area contributed by atoms with E-state index in [1.54, 1.807) is 14.0 Å². The number of nitrogens with zero attached hydrogens (tertiary/aromatic N) is 3. The smallest absolute Gasteiger partial charge is 0.415 e. The number of hydrogen-bond acceptors (Lipinski definition) is 4. The third-order valence-corrected chi connectivity index (χ3v) is 4.50. The topological polar surface area (TPSA) is 56.1 Å². The predicted molar refractivity (Wildman–Crippen MR) is 106 cm³/mol. The molecule has 1 aromatic carbocycles. The van der Waals surface area contributed by atoms with Crippen molar-refractivity contribution in [2.24, 2.45) is 0 Å². The van der Waals surface area contributed by atoms with E-state index in [4.69, 9.17) is 14.5 Å². The number of aromatic nitrogens is 2. The third-order valence-electron chi connectivity index (χ3n) is 4.50. The van der Waals surface area contributed by atoms with Crippen molar-refractivity contribution >= 4 is 17.6 Å². The van der Waals surface area contributed by atoms with Crippen LogP contribution in [0.2, 0.25) is 0 Å². The standard InChI is InChI=1S/C21H25N3O3/c1-5-17-20(23(4)21(25)26-6-2)24-13-9-12-18(19(24)22-17)27-14-16-11-8-7-10-15(16)3/h7-13H,5-6,14H2,1-4H3. The van der Waals surface area contributed by atoms with Crippen LogP contribution in [0.3, 0.4) is 0 Å². The quantitative estimate of drug-likeness (QED) is 0.649. The van der Waals surface area contributed by atoms with Crippen molar-refractivity contribution in [3.8, 4) is 5.75 Å². The fraction of sp³-hybridized carbons (Fsp3) is 0.333. The van der Waals surface area contributed by atoms with Gasteiger partial charge in [0.25, 0.3) is 0 Å². The highest BCUT2D eigenvalue weighted by molar-refractivity contribution is 5.87. The number of aryl methyl sites for hydroxylation is 2. The van der Waals surface area contributed by atoms with E-state index in [0.717, 1.165) is 11.3 Å². The van der Waals surface area contributed by atoms with Crippen molar-refractivity contribution < 1.29 is 14.3 Å². The molecule has 0 saturated carbocycles. The predicted octanol–water partition coefficient (Wildman–Crippen LogP) is 4.38. The minimum atomic E-state index is -0.403. The largest absolute Gasteiger partial charge is 0.485 e. The number of imidazole rings is 1. The van der Waals surface area contributed by atoms with Crippen LogP contribution in [0.15, 0.2) is 42.6 Å². The first-order valence-electron chi connectivity index (χ1n) is 9.14. The highest BCUT2D eigenvalue weighted by Crippen LogP contribution is 2.29. The highest BCUT2D eigenvalue weighted by atomic mass is 16.6. The maximum absolute atomic E-state index is 12.2. The normalized spacial score (nSPS) is 10.8. The molecule has 0 unspecified atom stereocenters. The van der Waals surface area contributed by atoms with Crippen LogP contribution in [0.5, 0.6) is 5.75 Å². The van der Waals surface area contributed by atoms with Gasteiger partial charge in [-0.25, -0.2) is 9.78 Å². The molecule has 0 aliphatic rings. The molecule has 0 spiro atoms. The molecule has 0 atom stereocenters. The number of anilines is 1. The number of amides is 1. The first-order chi connectivity index (χ1) is 13.1. The summed E-state index contributed by atoms with van der Waals surface area (Å²) in [7, 11) is 1.70. The monoisotopic (exact) mass is 367 g/mol. The minimum Gasteiger partial charge on any atom is -0.485 e. The van der Waals surface area contributed by atoms with Crippen LogP contribution >= 0.6 is 0 Å². The average Bonchev–Trinajstić information content (AvgIpc) is 3.06. The van der Waals surface area contributed by atoms with Gasteiger partial charge >= 0.3 is 6.09 Å². The Morgan fingerprint density at radius 1 is 1.19 bits per heavy atom. The molecule has 6 heteroatoms. The van der Waals surface area contributed by atoms with E-state index < -0.39 is 6.09 Å². The second kappa shape index (κ2) is 8.12. The van der Waals surface area contributed by atoms with E-state index in [1.165, 1.54) is 10.5 Å². The number of rotatable bonds is 6. The van der Waals surface area contributed by atoms with Gasteiger partial charge in [-0.15, -0.1) is 0 Å². The van der Waals surface area contributed by atoms with Crippen LogP contribution < -0.4 is 9.64 Å². The first kappa shape index (κ1) is 18.8. The van der Waals surface area contributed by atoms with Crippen LogP contribution in [0.4, 0.5) is 10.6 Å². The molecular weight excluding hydrogens is 342 g/mol. The van der Waals surface area contributed by atoms with E-state index in [0.29, 0.717) is 36.8 Å². The first-order valence-corrected chi connectivity index (χ1v) is 9.14. The molecule has 0 radical (unpaired) electrons. The van der Waals surface area contributed by atoms with Gasteiger partial charge in [-0.2, -0.15) is 0 Å². The maximum atomic E-state index is 12.2. The lowest BCUT2D eigenvalue weighted by Crippen LogP contribution is -2.29. The molecule has 2 heterocycles. The van der Waals surface area contributed by atoms with Crippen molar-refractivity contribution in [2.75, 3.05) is 18.6 Å². The molecule has 2 aromatic heterocycles. The van der Waals surface area contributed by atoms with Crippen LogP contribution in [-0.2, 0) is 17.8 Å². The van der Waals surface area contributed by atoms with Gasteiger partial charge in [-0.05, 0) is 43.5 Å². The fourth-order valence-corrected chi connectivity index (χ4v) is 3.02. The molecule has 27 heavy (non-hydrogen) atoms. The lowest BCUT2D eigenvalue weighted by molar-refractivity contribution is 0.161. The molecule has 0 saturated heterocycles. The molecule has 0 aliphatic heterocycles. The van der Waals surface area contributed by atoms with E-state index in [-0.39, 0.29) is 0 Å². The van der Waals surface area contributed by atoms with Gasteiger partial charge in [0.15, 0.2) is 11.4 Å². The molecule has 0 fully saturated rings. The fourth-order valence-electron chi connectivity index (χ4n) is 3.02. The van der Waals surface area contributed by atoms with Gasteiger partial charge in [0.1, 0.15) is 12.4 Å². The van der Waals surface area contributed by atoms with Gasteiger partial charge < -0.3 is 9.47 Å². The molecule has 3 rings (SSSR count). The number of pyridine rings is 1. The summed E-state index contributed by atoms with van der Waals surface area (Å²) < 4.78 is 13.1. The Morgan fingerprint density at radius 2 is 1.96 bits per heavy atom. The molecule has 0 bridgehead atoms. The van der Waals surface area contributed by atoms with Crippen molar-refractivity contribution in [2.45, 2.75) is 33.8 Å². The summed E-state index contributed by atoms with van der Waals surface area (Å²) in [6.45, 7) is 6.66. The number of hydrogen-bond donors (Lipinski definition) is 0. The molecule has 0 aliphatic carbocycles. The molecule has 142 valence electrons. The number of fused-ring (bicyclic) bond motifs is 1. The van der Waals surface area contributed by atoms with Crippen LogP contribution in [-0.4, -0.2) is 29.1 Å². The number of carbonyl (C=O) groups excluding carboxylic acids is 1. The zero-order valence-electron chi connectivity index (χ0n) is 16.2. The summed E-state index contributed by atoms with van der Waals surface area (Å²) in [5, 5.41) is 0. The Bertz CT molecular complexity index is 949.